The van der Waals surface area contributed by atoms with Gasteiger partial charge in [-0.25, -0.2) is 15.0 Å². The van der Waals surface area contributed by atoms with Crippen LogP contribution in [0.4, 0.5) is 0 Å². The summed E-state index contributed by atoms with van der Waals surface area (Å²) in [4.78, 5) is 14.3. The molecule has 3 aromatic carbocycles. The zero-order chi connectivity index (χ0) is 28.2. The molecular formula is C36H27N5O. The van der Waals surface area contributed by atoms with Crippen molar-refractivity contribution in [3.8, 4) is 23.1 Å². The summed E-state index contributed by atoms with van der Waals surface area (Å²) in [7, 11) is 0. The third-order valence-corrected chi connectivity index (χ3v) is 7.91. The Balaban J connectivity index is 1.30. The molecule has 5 heterocycles. The molecule has 0 saturated carbocycles. The SMILES string of the molecule is CC(C)c1cccnc1-n1c2cc(Oc3ccc4c5ccccc5n(-c5ccccn5)c4c3)ccc2c2cccnc21. The lowest BCUT2D eigenvalue weighted by molar-refractivity contribution is 0.484. The largest absolute Gasteiger partial charge is 0.457 e. The fourth-order valence-electron chi connectivity index (χ4n) is 6.03. The summed E-state index contributed by atoms with van der Waals surface area (Å²) < 4.78 is 10.9. The predicted octanol–water partition coefficient (Wildman–Crippen LogP) is 8.98. The summed E-state index contributed by atoms with van der Waals surface area (Å²) in [6, 6.07) is 35.1. The van der Waals surface area contributed by atoms with Crippen molar-refractivity contribution in [3.05, 3.63) is 127 Å². The second-order valence-corrected chi connectivity index (χ2v) is 10.8. The van der Waals surface area contributed by atoms with Gasteiger partial charge in [-0.05, 0) is 72.1 Å². The van der Waals surface area contributed by atoms with Crippen LogP contribution in [0.3, 0.4) is 0 Å². The van der Waals surface area contributed by atoms with Crippen LogP contribution in [-0.4, -0.2) is 24.1 Å². The van der Waals surface area contributed by atoms with Gasteiger partial charge in [0.2, 0.25) is 0 Å². The predicted molar refractivity (Wildman–Crippen MR) is 169 cm³/mol. The van der Waals surface area contributed by atoms with Crippen molar-refractivity contribution >= 4 is 43.7 Å². The Morgan fingerprint density at radius 2 is 1.19 bits per heavy atom. The minimum absolute atomic E-state index is 0.307. The van der Waals surface area contributed by atoms with Crippen LogP contribution in [0.5, 0.6) is 11.5 Å². The number of hydrogen-bond donors (Lipinski definition) is 0. The molecule has 0 aliphatic carbocycles. The Hall–Kier alpha value is -5.49. The highest BCUT2D eigenvalue weighted by Gasteiger charge is 2.19. The molecule has 5 aromatic heterocycles. The normalized spacial score (nSPS) is 11.8. The summed E-state index contributed by atoms with van der Waals surface area (Å²) in [6.07, 6.45) is 5.51. The minimum Gasteiger partial charge on any atom is -0.457 e. The van der Waals surface area contributed by atoms with E-state index in [0.29, 0.717) is 5.92 Å². The summed E-state index contributed by atoms with van der Waals surface area (Å²) in [5.41, 5.74) is 5.21. The molecule has 202 valence electrons. The van der Waals surface area contributed by atoms with E-state index >= 15 is 0 Å². The van der Waals surface area contributed by atoms with Gasteiger partial charge in [-0.2, -0.15) is 0 Å². The molecule has 8 aromatic rings. The van der Waals surface area contributed by atoms with E-state index in [1.807, 2.05) is 61.1 Å². The summed E-state index contributed by atoms with van der Waals surface area (Å²) in [5.74, 6) is 3.57. The van der Waals surface area contributed by atoms with Gasteiger partial charge in [-0.3, -0.25) is 9.13 Å². The Morgan fingerprint density at radius 1 is 0.548 bits per heavy atom. The number of pyridine rings is 3. The molecule has 0 fully saturated rings. The third kappa shape index (κ3) is 3.76. The highest BCUT2D eigenvalue weighted by molar-refractivity contribution is 6.10. The second kappa shape index (κ2) is 9.56. The zero-order valence-corrected chi connectivity index (χ0v) is 23.3. The van der Waals surface area contributed by atoms with Gasteiger partial charge in [-0.15, -0.1) is 0 Å². The van der Waals surface area contributed by atoms with Crippen molar-refractivity contribution in [2.45, 2.75) is 19.8 Å². The van der Waals surface area contributed by atoms with Gasteiger partial charge < -0.3 is 4.74 Å². The van der Waals surface area contributed by atoms with E-state index in [1.54, 1.807) is 0 Å². The first kappa shape index (κ1) is 24.3. The van der Waals surface area contributed by atoms with Crippen LogP contribution in [0, 0.1) is 0 Å². The quantitative estimate of drug-likeness (QED) is 0.217. The number of para-hydroxylation sites is 1. The van der Waals surface area contributed by atoms with Crippen LogP contribution >= 0.6 is 0 Å². The molecule has 0 atom stereocenters. The Bertz CT molecular complexity index is 2260. The molecule has 8 rings (SSSR count). The first-order valence-corrected chi connectivity index (χ1v) is 14.1. The van der Waals surface area contributed by atoms with Crippen molar-refractivity contribution < 1.29 is 4.74 Å². The van der Waals surface area contributed by atoms with Crippen LogP contribution in [0.25, 0.3) is 55.4 Å². The van der Waals surface area contributed by atoms with Crippen molar-refractivity contribution in [1.29, 1.82) is 0 Å². The maximum Gasteiger partial charge on any atom is 0.146 e. The molecule has 0 aliphatic rings. The van der Waals surface area contributed by atoms with E-state index in [4.69, 9.17) is 14.7 Å². The van der Waals surface area contributed by atoms with E-state index in [0.717, 1.165) is 61.5 Å². The average Bonchev–Trinajstić information content (AvgIpc) is 3.53. The van der Waals surface area contributed by atoms with Crippen LogP contribution in [-0.2, 0) is 0 Å². The average molecular weight is 546 g/mol. The lowest BCUT2D eigenvalue weighted by Gasteiger charge is -2.14. The summed E-state index contributed by atoms with van der Waals surface area (Å²) >= 11 is 0. The highest BCUT2D eigenvalue weighted by Crippen LogP contribution is 2.38. The van der Waals surface area contributed by atoms with Crippen LogP contribution in [0.2, 0.25) is 0 Å². The molecule has 0 N–H and O–H groups in total. The topological polar surface area (TPSA) is 57.8 Å². The summed E-state index contributed by atoms with van der Waals surface area (Å²) in [5, 5.41) is 4.53. The molecule has 6 heteroatoms. The number of nitrogens with zero attached hydrogens (tertiary/aromatic N) is 5. The smallest absolute Gasteiger partial charge is 0.146 e. The molecule has 42 heavy (non-hydrogen) atoms. The van der Waals surface area contributed by atoms with Crippen LogP contribution in [0.15, 0.2) is 122 Å². The van der Waals surface area contributed by atoms with Crippen molar-refractivity contribution in [2.24, 2.45) is 0 Å². The molecular weight excluding hydrogens is 518 g/mol. The lowest BCUT2D eigenvalue weighted by atomic mass is 10.0. The van der Waals surface area contributed by atoms with Gasteiger partial charge in [0.25, 0.3) is 0 Å². The molecule has 0 aliphatic heterocycles. The standard InChI is InChI=1S/C36H27N5O/c1-23(2)26-10-7-19-38-35(26)41-33-22-25(15-17-29(33)30-11-8-20-39-36(30)41)42-24-14-16-28-27-9-3-4-12-31(27)40(32(28)21-24)34-13-5-6-18-37-34/h3-23H,1-2H3. The molecule has 0 unspecified atom stereocenters. The molecule has 0 saturated heterocycles. The Morgan fingerprint density at radius 3 is 1.98 bits per heavy atom. The molecule has 0 radical (unpaired) electrons. The molecule has 0 bridgehead atoms. The van der Waals surface area contributed by atoms with E-state index in [2.05, 4.69) is 88.6 Å². The first-order valence-electron chi connectivity index (χ1n) is 14.1. The van der Waals surface area contributed by atoms with E-state index in [9.17, 15) is 0 Å². The zero-order valence-electron chi connectivity index (χ0n) is 23.3. The maximum atomic E-state index is 6.56. The molecule has 0 amide bonds. The van der Waals surface area contributed by atoms with Gasteiger partial charge in [0.05, 0.1) is 16.6 Å². The minimum atomic E-state index is 0.307. The lowest BCUT2D eigenvalue weighted by Crippen LogP contribution is -2.04. The highest BCUT2D eigenvalue weighted by atomic mass is 16.5. The van der Waals surface area contributed by atoms with E-state index in [1.165, 1.54) is 10.9 Å². The van der Waals surface area contributed by atoms with Gasteiger partial charge in [0.15, 0.2) is 0 Å². The fraction of sp³-hybridized carbons (Fsp3) is 0.0833. The number of ether oxygens (including phenoxy) is 1. The third-order valence-electron chi connectivity index (χ3n) is 7.91. The van der Waals surface area contributed by atoms with E-state index < -0.39 is 0 Å². The van der Waals surface area contributed by atoms with Crippen LogP contribution < -0.4 is 4.74 Å². The van der Waals surface area contributed by atoms with Gasteiger partial charge in [0, 0.05) is 52.3 Å². The number of fused-ring (bicyclic) bond motifs is 6. The Labute approximate surface area is 242 Å². The van der Waals surface area contributed by atoms with Gasteiger partial charge in [-0.1, -0.05) is 44.2 Å². The maximum absolute atomic E-state index is 6.56. The molecule has 0 spiro atoms. The molecule has 6 nitrogen and oxygen atoms in total. The van der Waals surface area contributed by atoms with Crippen molar-refractivity contribution in [2.75, 3.05) is 0 Å². The van der Waals surface area contributed by atoms with Crippen LogP contribution in [0.1, 0.15) is 25.3 Å². The van der Waals surface area contributed by atoms with Crippen molar-refractivity contribution in [3.63, 3.8) is 0 Å². The van der Waals surface area contributed by atoms with Gasteiger partial charge >= 0.3 is 0 Å². The number of hydrogen-bond acceptors (Lipinski definition) is 4. The van der Waals surface area contributed by atoms with E-state index in [-0.39, 0.29) is 0 Å². The number of rotatable bonds is 5. The number of benzene rings is 3. The number of aromatic nitrogens is 5. The Kier molecular flexibility index (Phi) is 5.54. The summed E-state index contributed by atoms with van der Waals surface area (Å²) in [6.45, 7) is 4.38. The fourth-order valence-corrected chi connectivity index (χ4v) is 6.03. The second-order valence-electron chi connectivity index (χ2n) is 10.8. The van der Waals surface area contributed by atoms with Gasteiger partial charge in [0.1, 0.15) is 28.8 Å². The van der Waals surface area contributed by atoms with Crippen molar-refractivity contribution in [1.82, 2.24) is 24.1 Å². The monoisotopic (exact) mass is 545 g/mol. The first-order chi connectivity index (χ1) is 20.7.